The van der Waals surface area contributed by atoms with Crippen molar-refractivity contribution in [1.82, 2.24) is 0 Å². The highest BCUT2D eigenvalue weighted by Crippen LogP contribution is 2.27. The molecule has 0 saturated carbocycles. The van der Waals surface area contributed by atoms with Gasteiger partial charge >= 0.3 is 5.97 Å². The Hall–Kier alpha value is -1.29. The second-order valence-corrected chi connectivity index (χ2v) is 2.89. The number of phenols is 1. The summed E-state index contributed by atoms with van der Waals surface area (Å²) in [6.45, 7) is 0. The van der Waals surface area contributed by atoms with Gasteiger partial charge in [0, 0.05) is 0 Å². The quantitative estimate of drug-likeness (QED) is 0.773. The topological polar surface area (TPSA) is 57.5 Å². The third-order valence-electron chi connectivity index (χ3n) is 1.43. The zero-order valence-electron chi connectivity index (χ0n) is 6.42. The Morgan fingerprint density at radius 2 is 2.15 bits per heavy atom. The number of aliphatic carboxylic acids is 1. The van der Waals surface area contributed by atoms with Crippen molar-refractivity contribution in [1.29, 1.82) is 0 Å². The van der Waals surface area contributed by atoms with Gasteiger partial charge in [-0.25, -0.2) is 4.39 Å². The maximum atomic E-state index is 12.8. The van der Waals surface area contributed by atoms with Crippen molar-refractivity contribution in [2.75, 3.05) is 0 Å². The molecule has 0 heterocycles. The monoisotopic (exact) mass is 204 g/mol. The van der Waals surface area contributed by atoms with Crippen LogP contribution < -0.4 is 0 Å². The molecule has 0 saturated heterocycles. The Bertz CT molecular complexity index is 328. The van der Waals surface area contributed by atoms with Crippen LogP contribution in [0.3, 0.4) is 0 Å². The molecule has 0 unspecified atom stereocenters. The fraction of sp³-hybridized carbons (Fsp3) is 0.125. The number of carboxylic acid groups (broad SMARTS) is 1. The van der Waals surface area contributed by atoms with E-state index in [9.17, 15) is 9.18 Å². The summed E-state index contributed by atoms with van der Waals surface area (Å²) in [5.74, 6) is -2.65. The summed E-state index contributed by atoms with van der Waals surface area (Å²) < 4.78 is 12.8. The van der Waals surface area contributed by atoms with Crippen LogP contribution in [0.4, 0.5) is 4.39 Å². The van der Waals surface area contributed by atoms with Crippen LogP contribution in [0.1, 0.15) is 5.56 Å². The van der Waals surface area contributed by atoms with Crippen LogP contribution in [0.2, 0.25) is 5.02 Å². The highest BCUT2D eigenvalue weighted by Gasteiger charge is 2.09. The van der Waals surface area contributed by atoms with Gasteiger partial charge in [-0.1, -0.05) is 11.6 Å². The molecular formula is C8H6ClFO3. The van der Waals surface area contributed by atoms with Gasteiger partial charge in [0.05, 0.1) is 11.4 Å². The molecule has 1 rings (SSSR count). The number of rotatable bonds is 2. The standard InChI is InChI=1S/C8H6ClFO3/c9-5-1-4(3-7(11)12)2-6(10)8(5)13/h1-2,13H,3H2,(H,11,12). The molecule has 0 bridgehead atoms. The zero-order chi connectivity index (χ0) is 10.0. The lowest BCUT2D eigenvalue weighted by Crippen LogP contribution is -2.00. The Kier molecular flexibility index (Phi) is 2.72. The maximum Gasteiger partial charge on any atom is 0.307 e. The number of carbonyl (C=O) groups is 1. The predicted octanol–water partition coefficient (Wildman–Crippen LogP) is 1.81. The van der Waals surface area contributed by atoms with E-state index in [2.05, 4.69) is 0 Å². The fourth-order valence-corrected chi connectivity index (χ4v) is 1.13. The van der Waals surface area contributed by atoms with Crippen molar-refractivity contribution in [3.8, 4) is 5.75 Å². The number of hydrogen-bond donors (Lipinski definition) is 2. The molecule has 70 valence electrons. The van der Waals surface area contributed by atoms with E-state index in [-0.39, 0.29) is 17.0 Å². The lowest BCUT2D eigenvalue weighted by Gasteiger charge is -2.01. The molecule has 0 atom stereocenters. The van der Waals surface area contributed by atoms with Crippen LogP contribution in [0.25, 0.3) is 0 Å². The second-order valence-electron chi connectivity index (χ2n) is 2.48. The average molecular weight is 205 g/mol. The summed E-state index contributed by atoms with van der Waals surface area (Å²) in [6.07, 6.45) is -0.323. The minimum absolute atomic E-state index is 0.184. The average Bonchev–Trinajstić information content (AvgIpc) is 1.98. The molecular weight excluding hydrogens is 199 g/mol. The van der Waals surface area contributed by atoms with Gasteiger partial charge in [0.1, 0.15) is 0 Å². The van der Waals surface area contributed by atoms with Crippen molar-refractivity contribution in [3.05, 3.63) is 28.5 Å². The zero-order valence-corrected chi connectivity index (χ0v) is 7.18. The molecule has 3 nitrogen and oxygen atoms in total. The van der Waals surface area contributed by atoms with E-state index in [1.165, 1.54) is 6.07 Å². The third-order valence-corrected chi connectivity index (χ3v) is 1.72. The number of phenolic OH excluding ortho intramolecular Hbond substituents is 1. The van der Waals surface area contributed by atoms with E-state index in [0.717, 1.165) is 6.07 Å². The van der Waals surface area contributed by atoms with Crippen LogP contribution in [0, 0.1) is 5.82 Å². The maximum absolute atomic E-state index is 12.8. The van der Waals surface area contributed by atoms with E-state index >= 15 is 0 Å². The molecule has 1 aromatic carbocycles. The number of benzene rings is 1. The summed E-state index contributed by atoms with van der Waals surface area (Å²) in [5.41, 5.74) is 0.216. The van der Waals surface area contributed by atoms with Crippen LogP contribution in [-0.2, 0) is 11.2 Å². The van der Waals surface area contributed by atoms with Gasteiger partial charge in [-0.3, -0.25) is 4.79 Å². The molecule has 0 aliphatic carbocycles. The lowest BCUT2D eigenvalue weighted by atomic mass is 10.1. The van der Waals surface area contributed by atoms with Gasteiger partial charge in [-0.15, -0.1) is 0 Å². The third kappa shape index (κ3) is 2.32. The number of carboxylic acids is 1. The summed E-state index contributed by atoms with van der Waals surface area (Å²) in [6, 6.07) is 2.16. The van der Waals surface area contributed by atoms with Crippen molar-refractivity contribution in [2.45, 2.75) is 6.42 Å². The van der Waals surface area contributed by atoms with Gasteiger partial charge in [0.2, 0.25) is 0 Å². The van der Waals surface area contributed by atoms with E-state index in [1.54, 1.807) is 0 Å². The van der Waals surface area contributed by atoms with E-state index < -0.39 is 17.5 Å². The van der Waals surface area contributed by atoms with E-state index in [1.807, 2.05) is 0 Å². The van der Waals surface area contributed by atoms with Crippen LogP contribution in [0.5, 0.6) is 5.75 Å². The molecule has 1 aromatic rings. The van der Waals surface area contributed by atoms with Crippen molar-refractivity contribution in [3.63, 3.8) is 0 Å². The first-order chi connectivity index (χ1) is 6.00. The number of hydrogen-bond acceptors (Lipinski definition) is 2. The van der Waals surface area contributed by atoms with Crippen LogP contribution >= 0.6 is 11.6 Å². The Balaban J connectivity index is 3.06. The summed E-state index contributed by atoms with van der Waals surface area (Å²) in [4.78, 5) is 10.2. The Morgan fingerprint density at radius 3 is 2.62 bits per heavy atom. The van der Waals surface area contributed by atoms with Gasteiger partial charge in [0.15, 0.2) is 11.6 Å². The smallest absolute Gasteiger partial charge is 0.307 e. The van der Waals surface area contributed by atoms with E-state index in [0.29, 0.717) is 0 Å². The minimum atomic E-state index is -1.08. The summed E-state index contributed by atoms with van der Waals surface area (Å²) in [5, 5.41) is 17.1. The van der Waals surface area contributed by atoms with Gasteiger partial charge in [-0.2, -0.15) is 0 Å². The number of halogens is 2. The Labute approximate surface area is 78.4 Å². The molecule has 5 heteroatoms. The molecule has 0 fully saturated rings. The molecule has 0 radical (unpaired) electrons. The molecule has 0 amide bonds. The largest absolute Gasteiger partial charge is 0.504 e. The van der Waals surface area contributed by atoms with E-state index in [4.69, 9.17) is 21.8 Å². The van der Waals surface area contributed by atoms with Crippen molar-refractivity contribution in [2.24, 2.45) is 0 Å². The first-order valence-electron chi connectivity index (χ1n) is 3.39. The van der Waals surface area contributed by atoms with Gasteiger partial charge in [-0.05, 0) is 17.7 Å². The van der Waals surface area contributed by atoms with Crippen LogP contribution in [-0.4, -0.2) is 16.2 Å². The molecule has 0 aliphatic heterocycles. The van der Waals surface area contributed by atoms with Gasteiger partial charge in [0.25, 0.3) is 0 Å². The van der Waals surface area contributed by atoms with Crippen molar-refractivity contribution < 1.29 is 19.4 Å². The predicted molar refractivity (Wildman–Crippen MR) is 44.4 cm³/mol. The molecule has 0 aromatic heterocycles. The molecule has 13 heavy (non-hydrogen) atoms. The molecule has 0 spiro atoms. The van der Waals surface area contributed by atoms with Gasteiger partial charge < -0.3 is 10.2 Å². The summed E-state index contributed by atoms with van der Waals surface area (Å²) >= 11 is 5.42. The second kappa shape index (κ2) is 3.62. The van der Waals surface area contributed by atoms with Crippen LogP contribution in [0.15, 0.2) is 12.1 Å². The Morgan fingerprint density at radius 1 is 1.54 bits per heavy atom. The lowest BCUT2D eigenvalue weighted by molar-refractivity contribution is -0.136. The highest BCUT2D eigenvalue weighted by atomic mass is 35.5. The van der Waals surface area contributed by atoms with Crippen molar-refractivity contribution >= 4 is 17.6 Å². The molecule has 2 N–H and O–H groups in total. The number of aromatic hydroxyl groups is 1. The first kappa shape index (κ1) is 9.80. The summed E-state index contributed by atoms with van der Waals surface area (Å²) in [7, 11) is 0. The minimum Gasteiger partial charge on any atom is -0.504 e. The first-order valence-corrected chi connectivity index (χ1v) is 3.77. The highest BCUT2D eigenvalue weighted by molar-refractivity contribution is 6.32. The normalized spacial score (nSPS) is 10.0. The fourth-order valence-electron chi connectivity index (χ4n) is 0.895. The SMILES string of the molecule is O=C(O)Cc1cc(F)c(O)c(Cl)c1. The molecule has 0 aliphatic rings.